The second-order valence-electron chi connectivity index (χ2n) is 4.52. The van der Waals surface area contributed by atoms with E-state index in [9.17, 15) is 0 Å². The van der Waals surface area contributed by atoms with Crippen LogP contribution in [0.15, 0.2) is 48.5 Å². The largest absolute Gasteiger partial charge is 0.438 e. The van der Waals surface area contributed by atoms with Crippen molar-refractivity contribution in [1.29, 1.82) is 0 Å². The van der Waals surface area contributed by atoms with E-state index < -0.39 is 0 Å². The summed E-state index contributed by atoms with van der Waals surface area (Å²) < 4.78 is 5.86. The normalized spacial score (nSPS) is 10.6. The molecule has 1 heterocycles. The summed E-state index contributed by atoms with van der Waals surface area (Å²) in [6, 6.07) is 14.9. The average molecular weight is 281 g/mol. The third kappa shape index (κ3) is 2.78. The van der Waals surface area contributed by atoms with Crippen molar-refractivity contribution in [3.8, 4) is 11.6 Å². The Morgan fingerprint density at radius 1 is 1.05 bits per heavy atom. The molecular formula is C16H15N3O2. The van der Waals surface area contributed by atoms with Crippen LogP contribution >= 0.6 is 0 Å². The minimum atomic E-state index is 0.0145. The van der Waals surface area contributed by atoms with Crippen LogP contribution in [-0.4, -0.2) is 22.1 Å². The van der Waals surface area contributed by atoms with Gasteiger partial charge in [-0.1, -0.05) is 24.3 Å². The van der Waals surface area contributed by atoms with Gasteiger partial charge in [-0.25, -0.2) is 4.98 Å². The highest BCUT2D eigenvalue weighted by atomic mass is 16.5. The first-order valence-corrected chi connectivity index (χ1v) is 6.62. The summed E-state index contributed by atoms with van der Waals surface area (Å²) in [6.45, 7) is 0.0145. The van der Waals surface area contributed by atoms with E-state index in [4.69, 9.17) is 9.84 Å². The molecule has 1 aromatic heterocycles. The lowest BCUT2D eigenvalue weighted by molar-refractivity contribution is 0.281. The minimum Gasteiger partial charge on any atom is -0.438 e. The van der Waals surface area contributed by atoms with Crippen molar-refractivity contribution < 1.29 is 9.84 Å². The van der Waals surface area contributed by atoms with Gasteiger partial charge in [0, 0.05) is 7.05 Å². The number of aliphatic hydroxyl groups excluding tert-OH is 1. The first-order valence-electron chi connectivity index (χ1n) is 6.62. The summed E-state index contributed by atoms with van der Waals surface area (Å²) in [6.07, 6.45) is 0. The van der Waals surface area contributed by atoms with Gasteiger partial charge < -0.3 is 15.2 Å². The van der Waals surface area contributed by atoms with E-state index in [1.54, 1.807) is 7.05 Å². The molecule has 0 bridgehead atoms. The summed E-state index contributed by atoms with van der Waals surface area (Å²) in [5, 5.41) is 12.8. The molecule has 0 amide bonds. The van der Waals surface area contributed by atoms with Gasteiger partial charge in [-0.3, -0.25) is 0 Å². The minimum absolute atomic E-state index is 0.0145. The van der Waals surface area contributed by atoms with Crippen LogP contribution in [0.1, 0.15) is 5.56 Å². The Labute approximate surface area is 122 Å². The Morgan fingerprint density at radius 3 is 2.52 bits per heavy atom. The van der Waals surface area contributed by atoms with Crippen LogP contribution < -0.4 is 10.1 Å². The molecule has 0 atom stereocenters. The van der Waals surface area contributed by atoms with Crippen molar-refractivity contribution in [3.63, 3.8) is 0 Å². The van der Waals surface area contributed by atoms with E-state index in [-0.39, 0.29) is 6.61 Å². The number of aliphatic hydroxyl groups is 1. The van der Waals surface area contributed by atoms with Crippen molar-refractivity contribution in [3.05, 3.63) is 54.1 Å². The van der Waals surface area contributed by atoms with Crippen LogP contribution in [0, 0.1) is 0 Å². The highest BCUT2D eigenvalue weighted by Gasteiger charge is 2.08. The first-order chi connectivity index (χ1) is 10.3. The van der Waals surface area contributed by atoms with E-state index in [1.807, 2.05) is 48.5 Å². The fourth-order valence-electron chi connectivity index (χ4n) is 2.01. The fourth-order valence-corrected chi connectivity index (χ4v) is 2.01. The summed E-state index contributed by atoms with van der Waals surface area (Å²) >= 11 is 0. The quantitative estimate of drug-likeness (QED) is 0.769. The van der Waals surface area contributed by atoms with E-state index in [1.165, 1.54) is 0 Å². The maximum absolute atomic E-state index is 9.06. The number of para-hydroxylation sites is 1. The molecule has 5 heteroatoms. The van der Waals surface area contributed by atoms with Crippen LogP contribution in [0.3, 0.4) is 0 Å². The number of hydrogen-bond donors (Lipinski definition) is 2. The number of nitrogens with zero attached hydrogens (tertiary/aromatic N) is 2. The van der Waals surface area contributed by atoms with E-state index in [0.29, 0.717) is 17.6 Å². The smallest absolute Gasteiger partial charge is 0.231 e. The van der Waals surface area contributed by atoms with Crippen molar-refractivity contribution in [1.82, 2.24) is 9.97 Å². The average Bonchev–Trinajstić information content (AvgIpc) is 2.55. The number of nitrogens with one attached hydrogen (secondary N) is 1. The Bertz CT molecular complexity index is 757. The van der Waals surface area contributed by atoms with Gasteiger partial charge in [-0.2, -0.15) is 4.98 Å². The van der Waals surface area contributed by atoms with Crippen molar-refractivity contribution in [2.75, 3.05) is 12.4 Å². The monoisotopic (exact) mass is 281 g/mol. The number of anilines is 1. The molecule has 0 spiro atoms. The number of benzene rings is 2. The molecule has 0 saturated carbocycles. The Morgan fingerprint density at radius 2 is 1.81 bits per heavy atom. The zero-order chi connectivity index (χ0) is 14.7. The zero-order valence-electron chi connectivity index (χ0n) is 11.6. The number of rotatable bonds is 4. The molecule has 0 radical (unpaired) electrons. The summed E-state index contributed by atoms with van der Waals surface area (Å²) in [4.78, 5) is 8.75. The third-order valence-electron chi connectivity index (χ3n) is 3.11. The van der Waals surface area contributed by atoms with Gasteiger partial charge in [0.1, 0.15) is 5.75 Å². The third-order valence-corrected chi connectivity index (χ3v) is 3.11. The predicted octanol–water partition coefficient (Wildman–Crippen LogP) is 2.96. The van der Waals surface area contributed by atoms with E-state index in [0.717, 1.165) is 16.5 Å². The first kappa shape index (κ1) is 13.3. The van der Waals surface area contributed by atoms with Gasteiger partial charge >= 0.3 is 0 Å². The number of aromatic nitrogens is 2. The molecule has 0 aliphatic heterocycles. The Hall–Kier alpha value is -2.66. The van der Waals surface area contributed by atoms with Crippen molar-refractivity contribution >= 4 is 16.9 Å². The van der Waals surface area contributed by atoms with Gasteiger partial charge in [0.25, 0.3) is 0 Å². The number of fused-ring (bicyclic) bond motifs is 1. The number of ether oxygens (including phenoxy) is 1. The molecule has 0 saturated heterocycles. The summed E-state index contributed by atoms with van der Waals surface area (Å²) in [5.74, 6) is 1.68. The number of hydrogen-bond acceptors (Lipinski definition) is 5. The van der Waals surface area contributed by atoms with Crippen LogP contribution in [0.25, 0.3) is 10.9 Å². The molecule has 2 aromatic carbocycles. The lowest BCUT2D eigenvalue weighted by atomic mass is 10.2. The van der Waals surface area contributed by atoms with Crippen LogP contribution in [0.5, 0.6) is 11.6 Å². The second-order valence-corrected chi connectivity index (χ2v) is 4.52. The molecule has 0 fully saturated rings. The molecule has 0 unspecified atom stereocenters. The summed E-state index contributed by atoms with van der Waals surface area (Å²) in [5.41, 5.74) is 1.66. The summed E-state index contributed by atoms with van der Waals surface area (Å²) in [7, 11) is 1.77. The molecular weight excluding hydrogens is 266 g/mol. The molecule has 5 nitrogen and oxygen atoms in total. The topological polar surface area (TPSA) is 67.3 Å². The lowest BCUT2D eigenvalue weighted by Crippen LogP contribution is -1.99. The highest BCUT2D eigenvalue weighted by Crippen LogP contribution is 2.28. The maximum atomic E-state index is 9.06. The van der Waals surface area contributed by atoms with Crippen LogP contribution in [0.2, 0.25) is 0 Å². The predicted molar refractivity (Wildman–Crippen MR) is 81.5 cm³/mol. The van der Waals surface area contributed by atoms with Gasteiger partial charge in [0.15, 0.2) is 0 Å². The molecule has 3 rings (SSSR count). The standard InChI is InChI=1S/C16H15N3O2/c1-17-16-18-14-5-3-2-4-13(14)15(19-16)21-12-8-6-11(10-20)7-9-12/h2-9,20H,10H2,1H3,(H,17,18,19). The lowest BCUT2D eigenvalue weighted by Gasteiger charge is -2.10. The van der Waals surface area contributed by atoms with Gasteiger partial charge in [0.2, 0.25) is 11.8 Å². The second kappa shape index (κ2) is 5.76. The van der Waals surface area contributed by atoms with E-state index >= 15 is 0 Å². The Balaban J connectivity index is 2.01. The molecule has 0 aliphatic carbocycles. The van der Waals surface area contributed by atoms with E-state index in [2.05, 4.69) is 15.3 Å². The Kier molecular flexibility index (Phi) is 3.66. The van der Waals surface area contributed by atoms with Gasteiger partial charge in [-0.05, 0) is 29.8 Å². The van der Waals surface area contributed by atoms with Crippen molar-refractivity contribution in [2.45, 2.75) is 6.61 Å². The maximum Gasteiger partial charge on any atom is 0.231 e. The zero-order valence-corrected chi connectivity index (χ0v) is 11.6. The van der Waals surface area contributed by atoms with Crippen molar-refractivity contribution in [2.24, 2.45) is 0 Å². The van der Waals surface area contributed by atoms with Crippen LogP contribution in [0.4, 0.5) is 5.95 Å². The molecule has 21 heavy (non-hydrogen) atoms. The highest BCUT2D eigenvalue weighted by molar-refractivity contribution is 5.84. The molecule has 2 N–H and O–H groups in total. The SMILES string of the molecule is CNc1nc(Oc2ccc(CO)cc2)c2ccccc2n1. The molecule has 0 aliphatic rings. The van der Waals surface area contributed by atoms with Crippen LogP contribution in [-0.2, 0) is 6.61 Å². The molecule has 106 valence electrons. The fraction of sp³-hybridized carbons (Fsp3) is 0.125. The van der Waals surface area contributed by atoms with Gasteiger partial charge in [-0.15, -0.1) is 0 Å². The molecule has 3 aromatic rings. The van der Waals surface area contributed by atoms with Gasteiger partial charge in [0.05, 0.1) is 17.5 Å².